The number of hydrogen-bond acceptors (Lipinski definition) is 6. The molecule has 1 unspecified atom stereocenters. The summed E-state index contributed by atoms with van der Waals surface area (Å²) in [6, 6.07) is 14.7. The molecule has 0 aliphatic carbocycles. The van der Waals surface area contributed by atoms with Crippen molar-refractivity contribution in [3.8, 4) is 11.5 Å². The maximum atomic E-state index is 12.1. The van der Waals surface area contributed by atoms with Gasteiger partial charge in [0, 0.05) is 25.6 Å². The fourth-order valence-corrected chi connectivity index (χ4v) is 2.65. The fourth-order valence-electron chi connectivity index (χ4n) is 2.65. The van der Waals surface area contributed by atoms with Crippen molar-refractivity contribution in [1.82, 2.24) is 20.4 Å². The number of aliphatic carboxylic acids is 1. The number of hydrogen-bond donors (Lipinski definition) is 2. The first-order valence-corrected chi connectivity index (χ1v) is 8.89. The van der Waals surface area contributed by atoms with E-state index in [-0.39, 0.29) is 25.3 Å². The van der Waals surface area contributed by atoms with E-state index in [0.717, 1.165) is 5.56 Å². The minimum absolute atomic E-state index is 0.0616. The molecule has 0 saturated heterocycles. The van der Waals surface area contributed by atoms with Crippen LogP contribution in [0, 0.1) is 5.92 Å². The van der Waals surface area contributed by atoms with Crippen LogP contribution >= 0.6 is 0 Å². The molecule has 0 bridgehead atoms. The Bertz CT molecular complexity index is 912. The predicted molar refractivity (Wildman–Crippen MR) is 100 cm³/mol. The first kappa shape index (κ1) is 19.2. The molecule has 144 valence electrons. The van der Waals surface area contributed by atoms with Crippen LogP contribution in [-0.4, -0.2) is 38.7 Å². The molecule has 28 heavy (non-hydrogen) atoms. The highest BCUT2D eigenvalue weighted by Crippen LogP contribution is 2.13. The summed E-state index contributed by atoms with van der Waals surface area (Å²) in [7, 11) is 0. The Morgan fingerprint density at radius 3 is 2.61 bits per heavy atom. The minimum atomic E-state index is -0.943. The van der Waals surface area contributed by atoms with Crippen LogP contribution in [0.2, 0.25) is 0 Å². The summed E-state index contributed by atoms with van der Waals surface area (Å²) in [5, 5.41) is 15.9. The third-order valence-corrected chi connectivity index (χ3v) is 4.15. The normalized spacial score (nSPS) is 11.7. The molecule has 0 saturated carbocycles. The van der Waals surface area contributed by atoms with Crippen molar-refractivity contribution in [2.45, 2.75) is 19.3 Å². The Balaban J connectivity index is 1.47. The average Bonchev–Trinajstić information content (AvgIpc) is 3.20. The van der Waals surface area contributed by atoms with Crippen LogP contribution in [0.3, 0.4) is 0 Å². The zero-order valence-corrected chi connectivity index (χ0v) is 15.1. The quantitative estimate of drug-likeness (QED) is 0.584. The Kier molecular flexibility index (Phi) is 6.46. The van der Waals surface area contributed by atoms with Crippen molar-refractivity contribution in [2.24, 2.45) is 5.92 Å². The molecule has 0 fully saturated rings. The molecule has 0 radical (unpaired) electrons. The van der Waals surface area contributed by atoms with E-state index in [1.54, 1.807) is 18.3 Å². The summed E-state index contributed by atoms with van der Waals surface area (Å²) in [5.41, 5.74) is 1.50. The van der Waals surface area contributed by atoms with Crippen molar-refractivity contribution in [2.75, 3.05) is 6.54 Å². The molecule has 1 amide bonds. The van der Waals surface area contributed by atoms with Crippen molar-refractivity contribution < 1.29 is 19.2 Å². The molecule has 2 heterocycles. The van der Waals surface area contributed by atoms with Crippen LogP contribution in [0.4, 0.5) is 0 Å². The molecule has 3 rings (SSSR count). The van der Waals surface area contributed by atoms with E-state index in [1.807, 2.05) is 36.4 Å². The second kappa shape index (κ2) is 9.40. The molecule has 0 aliphatic rings. The monoisotopic (exact) mass is 380 g/mol. The Hall–Kier alpha value is -3.55. The van der Waals surface area contributed by atoms with Crippen LogP contribution < -0.4 is 5.32 Å². The molecule has 1 atom stereocenters. The van der Waals surface area contributed by atoms with Gasteiger partial charge < -0.3 is 14.9 Å². The van der Waals surface area contributed by atoms with E-state index in [2.05, 4.69) is 20.4 Å². The number of aryl methyl sites for hydroxylation is 1. The van der Waals surface area contributed by atoms with Gasteiger partial charge in [-0.25, -0.2) is 0 Å². The molecule has 2 N–H and O–H groups in total. The highest BCUT2D eigenvalue weighted by atomic mass is 16.5. The van der Waals surface area contributed by atoms with Gasteiger partial charge in [0.2, 0.25) is 17.6 Å². The zero-order valence-electron chi connectivity index (χ0n) is 15.1. The van der Waals surface area contributed by atoms with Gasteiger partial charge in [-0.1, -0.05) is 41.6 Å². The standard InChI is InChI=1S/C20H20N4O4/c25-17(22-13-15(20(26)27)12-14-6-2-1-3-7-14)9-10-18-23-19(24-28-18)16-8-4-5-11-21-16/h1-8,11,15H,9-10,12-13H2,(H,22,25)(H,26,27). The van der Waals surface area contributed by atoms with Gasteiger partial charge in [-0.15, -0.1) is 0 Å². The van der Waals surface area contributed by atoms with Crippen molar-refractivity contribution >= 4 is 11.9 Å². The van der Waals surface area contributed by atoms with E-state index < -0.39 is 11.9 Å². The topological polar surface area (TPSA) is 118 Å². The molecule has 8 heteroatoms. The number of carbonyl (C=O) groups is 2. The largest absolute Gasteiger partial charge is 0.481 e. The van der Waals surface area contributed by atoms with E-state index in [0.29, 0.717) is 23.8 Å². The molecular formula is C20H20N4O4. The minimum Gasteiger partial charge on any atom is -0.481 e. The first-order chi connectivity index (χ1) is 13.6. The Labute approximate surface area is 161 Å². The van der Waals surface area contributed by atoms with E-state index in [9.17, 15) is 14.7 Å². The second-order valence-electron chi connectivity index (χ2n) is 6.26. The van der Waals surface area contributed by atoms with Gasteiger partial charge in [0.25, 0.3) is 0 Å². The zero-order chi connectivity index (χ0) is 19.8. The maximum Gasteiger partial charge on any atom is 0.308 e. The highest BCUT2D eigenvalue weighted by Gasteiger charge is 2.19. The smallest absolute Gasteiger partial charge is 0.308 e. The lowest BCUT2D eigenvalue weighted by atomic mass is 9.99. The van der Waals surface area contributed by atoms with Crippen LogP contribution in [0.1, 0.15) is 17.9 Å². The summed E-state index contributed by atoms with van der Waals surface area (Å²) in [4.78, 5) is 31.9. The van der Waals surface area contributed by atoms with Crippen LogP contribution in [0.15, 0.2) is 59.3 Å². The number of amides is 1. The number of rotatable bonds is 9. The van der Waals surface area contributed by atoms with Crippen molar-refractivity contribution in [3.05, 3.63) is 66.2 Å². The number of nitrogens with one attached hydrogen (secondary N) is 1. The third kappa shape index (κ3) is 5.47. The SMILES string of the molecule is O=C(CCc1nc(-c2ccccn2)no1)NCC(Cc1ccccc1)C(=O)O. The van der Waals surface area contributed by atoms with Crippen molar-refractivity contribution in [1.29, 1.82) is 0 Å². The lowest BCUT2D eigenvalue weighted by molar-refractivity contribution is -0.141. The fraction of sp³-hybridized carbons (Fsp3) is 0.250. The van der Waals surface area contributed by atoms with Gasteiger partial charge in [-0.2, -0.15) is 4.98 Å². The summed E-state index contributed by atoms with van der Waals surface area (Å²) in [5.74, 6) is -1.21. The summed E-state index contributed by atoms with van der Waals surface area (Å²) >= 11 is 0. The van der Waals surface area contributed by atoms with Gasteiger partial charge in [0.1, 0.15) is 5.69 Å². The maximum absolute atomic E-state index is 12.1. The Morgan fingerprint density at radius 1 is 1.11 bits per heavy atom. The Morgan fingerprint density at radius 2 is 1.89 bits per heavy atom. The van der Waals surface area contributed by atoms with Gasteiger partial charge in [0.05, 0.1) is 5.92 Å². The number of carboxylic acids is 1. The number of carboxylic acid groups (broad SMARTS) is 1. The van der Waals surface area contributed by atoms with Crippen LogP contribution in [-0.2, 0) is 22.4 Å². The van der Waals surface area contributed by atoms with Crippen LogP contribution in [0.5, 0.6) is 0 Å². The summed E-state index contributed by atoms with van der Waals surface area (Å²) in [6.07, 6.45) is 2.38. The highest BCUT2D eigenvalue weighted by molar-refractivity contribution is 5.77. The second-order valence-corrected chi connectivity index (χ2v) is 6.26. The number of benzene rings is 1. The molecule has 8 nitrogen and oxygen atoms in total. The number of aromatic nitrogens is 3. The van der Waals surface area contributed by atoms with Crippen molar-refractivity contribution in [3.63, 3.8) is 0 Å². The average molecular weight is 380 g/mol. The lowest BCUT2D eigenvalue weighted by Crippen LogP contribution is -2.34. The molecule has 1 aromatic carbocycles. The molecule has 0 spiro atoms. The van der Waals surface area contributed by atoms with E-state index in [1.165, 1.54) is 0 Å². The van der Waals surface area contributed by atoms with E-state index in [4.69, 9.17) is 4.52 Å². The van der Waals surface area contributed by atoms with Gasteiger partial charge in [-0.05, 0) is 24.1 Å². The van der Waals surface area contributed by atoms with Gasteiger partial charge in [-0.3, -0.25) is 14.6 Å². The predicted octanol–water partition coefficient (Wildman–Crippen LogP) is 2.12. The lowest BCUT2D eigenvalue weighted by Gasteiger charge is -2.13. The number of nitrogens with zero attached hydrogens (tertiary/aromatic N) is 3. The number of carbonyl (C=O) groups excluding carboxylic acids is 1. The summed E-state index contributed by atoms with van der Waals surface area (Å²) in [6.45, 7) is 0.0616. The summed E-state index contributed by atoms with van der Waals surface area (Å²) < 4.78 is 5.14. The van der Waals surface area contributed by atoms with Gasteiger partial charge >= 0.3 is 5.97 Å². The van der Waals surface area contributed by atoms with Gasteiger partial charge in [0.15, 0.2) is 0 Å². The molecular weight excluding hydrogens is 360 g/mol. The third-order valence-electron chi connectivity index (χ3n) is 4.15. The number of pyridine rings is 1. The molecule has 2 aromatic heterocycles. The molecule has 0 aliphatic heterocycles. The molecule has 3 aromatic rings. The van der Waals surface area contributed by atoms with Crippen LogP contribution in [0.25, 0.3) is 11.5 Å². The van der Waals surface area contributed by atoms with E-state index >= 15 is 0 Å². The first-order valence-electron chi connectivity index (χ1n) is 8.89.